The Bertz CT molecular complexity index is 532. The van der Waals surface area contributed by atoms with Gasteiger partial charge in [-0.1, -0.05) is 19.8 Å². The number of ketones is 1. The summed E-state index contributed by atoms with van der Waals surface area (Å²) in [4.78, 5) is 12.6. The summed E-state index contributed by atoms with van der Waals surface area (Å²) in [5.41, 5.74) is 0. The number of aliphatic hydroxyl groups is 3. The number of unbranched alkanes of at least 4 members (excludes halogenated alkanes) is 1. The van der Waals surface area contributed by atoms with E-state index in [1.165, 1.54) is 0 Å². The SMILES string of the molecule is CCCC[C@@H]1CC(=O)[C@]2(O)O[C@@H]3[C@@H](NC)[C@@H](O)[C@@H](NC)[C@H](O)[C@H]3O[C@@H]2O1.Cl.Cl. The Labute approximate surface area is 177 Å². The highest BCUT2D eigenvalue weighted by Crippen LogP contribution is 2.40. The van der Waals surface area contributed by atoms with Gasteiger partial charge in [-0.05, 0) is 20.5 Å². The zero-order valence-electron chi connectivity index (χ0n) is 16.2. The summed E-state index contributed by atoms with van der Waals surface area (Å²) in [7, 11) is 3.26. The molecule has 11 heteroatoms. The number of fused-ring (bicyclic) bond motifs is 2. The quantitative estimate of drug-likeness (QED) is 0.364. The van der Waals surface area contributed by atoms with E-state index < -0.39 is 54.4 Å². The standard InChI is InChI=1S/C17H30N2O7.2ClH/c1-4-5-6-8-7-9(20)17(23)16(24-8)25-15-13(22)10(18-2)12(21)11(19-3)14(15)26-17;;/h8,10-16,18-19,21-23H,4-7H2,1-3H3;2*1H/t8-,10-,11+,12+,13+,14-,15-,16+,17+;;/m1../s1. The number of halogens is 2. The highest BCUT2D eigenvalue weighted by Gasteiger charge is 2.63. The van der Waals surface area contributed by atoms with E-state index >= 15 is 0 Å². The van der Waals surface area contributed by atoms with Gasteiger partial charge in [0.05, 0.1) is 24.3 Å². The monoisotopic (exact) mass is 446 g/mol. The highest BCUT2D eigenvalue weighted by atomic mass is 35.5. The van der Waals surface area contributed by atoms with Gasteiger partial charge < -0.3 is 40.2 Å². The molecule has 2 heterocycles. The Morgan fingerprint density at radius 2 is 1.71 bits per heavy atom. The smallest absolute Gasteiger partial charge is 0.280 e. The van der Waals surface area contributed by atoms with Crippen molar-refractivity contribution in [2.75, 3.05) is 14.1 Å². The summed E-state index contributed by atoms with van der Waals surface area (Å²) in [6, 6.07) is -1.30. The van der Waals surface area contributed by atoms with Crippen LogP contribution < -0.4 is 10.6 Å². The molecule has 2 saturated heterocycles. The number of hydrogen-bond donors (Lipinski definition) is 5. The first-order valence-corrected chi connectivity index (χ1v) is 9.32. The van der Waals surface area contributed by atoms with Crippen LogP contribution in [0.3, 0.4) is 0 Å². The van der Waals surface area contributed by atoms with Gasteiger partial charge in [0.25, 0.3) is 5.79 Å². The molecule has 5 N–H and O–H groups in total. The fraction of sp³-hybridized carbons (Fsp3) is 0.941. The lowest BCUT2D eigenvalue weighted by atomic mass is 9.80. The Balaban J connectivity index is 0.00000196. The van der Waals surface area contributed by atoms with Crippen LogP contribution in [0.4, 0.5) is 0 Å². The van der Waals surface area contributed by atoms with Crippen molar-refractivity contribution in [3.05, 3.63) is 0 Å². The second kappa shape index (κ2) is 10.3. The zero-order valence-corrected chi connectivity index (χ0v) is 17.9. The maximum absolute atomic E-state index is 12.6. The van der Waals surface area contributed by atoms with Gasteiger partial charge in [-0.15, -0.1) is 24.8 Å². The van der Waals surface area contributed by atoms with Crippen molar-refractivity contribution >= 4 is 30.6 Å². The fourth-order valence-corrected chi connectivity index (χ4v) is 4.19. The van der Waals surface area contributed by atoms with Gasteiger partial charge in [-0.2, -0.15) is 0 Å². The fourth-order valence-electron chi connectivity index (χ4n) is 4.19. The second-order valence-corrected chi connectivity index (χ2v) is 7.35. The summed E-state index contributed by atoms with van der Waals surface area (Å²) in [6.07, 6.45) is -2.92. The van der Waals surface area contributed by atoms with Crippen LogP contribution >= 0.6 is 24.8 Å². The third kappa shape index (κ3) is 4.34. The van der Waals surface area contributed by atoms with E-state index in [1.54, 1.807) is 14.1 Å². The molecule has 0 aromatic rings. The first-order chi connectivity index (χ1) is 12.4. The minimum Gasteiger partial charge on any atom is -0.390 e. The summed E-state index contributed by atoms with van der Waals surface area (Å²) in [5.74, 6) is -2.73. The van der Waals surface area contributed by atoms with Crippen LogP contribution in [-0.2, 0) is 19.0 Å². The molecule has 0 aromatic heterocycles. The van der Waals surface area contributed by atoms with Crippen LogP contribution in [-0.4, -0.2) is 89.9 Å². The maximum Gasteiger partial charge on any atom is 0.280 e. The molecule has 1 saturated carbocycles. The van der Waals surface area contributed by atoms with Crippen LogP contribution in [0.2, 0.25) is 0 Å². The Hall–Kier alpha value is -0.0700. The van der Waals surface area contributed by atoms with Gasteiger partial charge in [-0.3, -0.25) is 4.79 Å². The number of nitrogens with one attached hydrogen (secondary N) is 2. The van der Waals surface area contributed by atoms with Crippen molar-refractivity contribution < 1.29 is 34.3 Å². The number of Topliss-reactive ketones (excluding diaryl/α,β-unsaturated/α-hetero) is 1. The Kier molecular flexibility index (Phi) is 9.55. The lowest BCUT2D eigenvalue weighted by Crippen LogP contribution is -2.77. The van der Waals surface area contributed by atoms with Crippen LogP contribution in [0.1, 0.15) is 32.6 Å². The van der Waals surface area contributed by atoms with E-state index in [1.807, 2.05) is 6.92 Å². The van der Waals surface area contributed by atoms with E-state index in [2.05, 4.69) is 10.6 Å². The van der Waals surface area contributed by atoms with E-state index in [0.717, 1.165) is 12.8 Å². The van der Waals surface area contributed by atoms with Crippen molar-refractivity contribution in [2.24, 2.45) is 0 Å². The number of aliphatic hydroxyl groups excluding tert-OH is 2. The molecular weight excluding hydrogens is 415 g/mol. The van der Waals surface area contributed by atoms with E-state index in [-0.39, 0.29) is 37.3 Å². The number of likely N-dealkylation sites (N-methyl/N-ethyl adjacent to an activating group) is 2. The molecule has 0 unspecified atom stereocenters. The Morgan fingerprint density at radius 3 is 2.29 bits per heavy atom. The highest BCUT2D eigenvalue weighted by molar-refractivity contribution is 5.87. The maximum atomic E-state index is 12.6. The molecule has 3 rings (SSSR count). The van der Waals surface area contributed by atoms with E-state index in [9.17, 15) is 20.1 Å². The third-order valence-corrected chi connectivity index (χ3v) is 5.71. The predicted octanol–water partition coefficient (Wildman–Crippen LogP) is -0.912. The normalized spacial score (nSPS) is 45.3. The molecule has 166 valence electrons. The average Bonchev–Trinajstić information content (AvgIpc) is 2.61. The third-order valence-electron chi connectivity index (χ3n) is 5.71. The van der Waals surface area contributed by atoms with Gasteiger partial charge in [0, 0.05) is 6.42 Å². The molecule has 0 spiro atoms. The van der Waals surface area contributed by atoms with E-state index in [0.29, 0.717) is 6.42 Å². The first kappa shape index (κ1) is 26.0. The lowest BCUT2D eigenvalue weighted by molar-refractivity contribution is -0.421. The van der Waals surface area contributed by atoms with Crippen LogP contribution in [0.25, 0.3) is 0 Å². The molecule has 3 fully saturated rings. The summed E-state index contributed by atoms with van der Waals surface area (Å²) in [5, 5.41) is 37.8. The molecule has 9 atom stereocenters. The van der Waals surface area contributed by atoms with Crippen molar-refractivity contribution in [1.29, 1.82) is 0 Å². The molecule has 9 nitrogen and oxygen atoms in total. The molecular formula is C17H32Cl2N2O7. The minimum atomic E-state index is -2.23. The molecule has 0 radical (unpaired) electrons. The number of carbonyl (C=O) groups is 1. The van der Waals surface area contributed by atoms with Crippen molar-refractivity contribution in [3.63, 3.8) is 0 Å². The van der Waals surface area contributed by atoms with Crippen LogP contribution in [0.5, 0.6) is 0 Å². The molecule has 0 amide bonds. The number of ether oxygens (including phenoxy) is 3. The topological polar surface area (TPSA) is 130 Å². The molecule has 2 aliphatic heterocycles. The van der Waals surface area contributed by atoms with Gasteiger partial charge in [-0.25, -0.2) is 0 Å². The van der Waals surface area contributed by atoms with Crippen LogP contribution in [0.15, 0.2) is 0 Å². The second-order valence-electron chi connectivity index (χ2n) is 7.35. The van der Waals surface area contributed by atoms with Gasteiger partial charge >= 0.3 is 0 Å². The molecule has 0 aromatic carbocycles. The summed E-state index contributed by atoms with van der Waals surface area (Å²) >= 11 is 0. The Morgan fingerprint density at radius 1 is 1.07 bits per heavy atom. The van der Waals surface area contributed by atoms with Crippen LogP contribution in [0, 0.1) is 0 Å². The van der Waals surface area contributed by atoms with Gasteiger partial charge in [0.1, 0.15) is 18.3 Å². The molecule has 0 bridgehead atoms. The largest absolute Gasteiger partial charge is 0.390 e. The first-order valence-electron chi connectivity index (χ1n) is 9.32. The predicted molar refractivity (Wildman–Crippen MR) is 105 cm³/mol. The zero-order chi connectivity index (χ0) is 19.1. The number of hydrogen-bond acceptors (Lipinski definition) is 9. The van der Waals surface area contributed by atoms with Gasteiger partial charge in [0.15, 0.2) is 5.78 Å². The number of carbonyl (C=O) groups excluding carboxylic acids is 1. The van der Waals surface area contributed by atoms with Crippen molar-refractivity contribution in [1.82, 2.24) is 10.6 Å². The molecule has 3 aliphatic rings. The summed E-state index contributed by atoms with van der Waals surface area (Å²) < 4.78 is 17.4. The van der Waals surface area contributed by atoms with Crippen molar-refractivity contribution in [2.45, 2.75) is 87.3 Å². The van der Waals surface area contributed by atoms with Crippen molar-refractivity contribution in [3.8, 4) is 0 Å². The van der Waals surface area contributed by atoms with Gasteiger partial charge in [0.2, 0.25) is 6.29 Å². The average molecular weight is 447 g/mol. The summed E-state index contributed by atoms with van der Waals surface area (Å²) in [6.45, 7) is 2.05. The number of rotatable bonds is 5. The minimum absolute atomic E-state index is 0. The van der Waals surface area contributed by atoms with E-state index in [4.69, 9.17) is 14.2 Å². The lowest BCUT2D eigenvalue weighted by Gasteiger charge is -2.55. The molecule has 1 aliphatic carbocycles. The molecule has 28 heavy (non-hydrogen) atoms.